The van der Waals surface area contributed by atoms with Crippen molar-refractivity contribution in [3.63, 3.8) is 0 Å². The molecule has 0 N–H and O–H groups in total. The van der Waals surface area contributed by atoms with E-state index in [4.69, 9.17) is 0 Å². The number of thiophene rings is 1. The van der Waals surface area contributed by atoms with E-state index in [9.17, 15) is 0 Å². The van der Waals surface area contributed by atoms with Crippen molar-refractivity contribution in [3.8, 4) is 0 Å². The summed E-state index contributed by atoms with van der Waals surface area (Å²) in [6.07, 6.45) is 6.29. The predicted molar refractivity (Wildman–Crippen MR) is 154 cm³/mol. The molecule has 6 rings (SSSR count). The predicted octanol–water partition coefficient (Wildman–Crippen LogP) is 6.90. The fourth-order valence-corrected chi connectivity index (χ4v) is 12.4. The highest BCUT2D eigenvalue weighted by molar-refractivity contribution is 7.26. The van der Waals surface area contributed by atoms with Crippen LogP contribution in [0.2, 0.25) is 0 Å². The molecule has 4 aromatic carbocycles. The smallest absolute Gasteiger partial charge is 0.135 e. The molecule has 0 unspecified atom stereocenters. The third kappa shape index (κ3) is 2.82. The van der Waals surface area contributed by atoms with Gasteiger partial charge in [-0.3, -0.25) is 0 Å². The van der Waals surface area contributed by atoms with Gasteiger partial charge in [0.05, 0.1) is 0 Å². The van der Waals surface area contributed by atoms with Gasteiger partial charge in [-0.2, -0.15) is 0 Å². The largest absolute Gasteiger partial charge is 0.176 e. The van der Waals surface area contributed by atoms with E-state index in [-0.39, 0.29) is 0 Å². The van der Waals surface area contributed by atoms with Crippen LogP contribution in [0.1, 0.15) is 18.1 Å². The lowest BCUT2D eigenvalue weighted by molar-refractivity contribution is 1.57. The summed E-state index contributed by atoms with van der Waals surface area (Å²) in [6, 6.07) is 33.8. The molecule has 0 fully saturated rings. The zero-order valence-electron chi connectivity index (χ0n) is 19.5. The molecule has 2 heterocycles. The van der Waals surface area contributed by atoms with E-state index in [0.717, 1.165) is 0 Å². The van der Waals surface area contributed by atoms with Crippen molar-refractivity contribution in [2.45, 2.75) is 13.8 Å². The summed E-state index contributed by atoms with van der Waals surface area (Å²) >= 11 is 1.92. The molecule has 2 heteroatoms. The van der Waals surface area contributed by atoms with Gasteiger partial charge in [0.2, 0.25) is 0 Å². The molecular weight excluding hydrogens is 445 g/mol. The number of benzene rings is 4. The van der Waals surface area contributed by atoms with Crippen LogP contribution in [0.5, 0.6) is 0 Å². The molecule has 0 nitrogen and oxygen atoms in total. The number of rotatable bonds is 4. The molecule has 0 saturated heterocycles. The number of fused-ring (bicyclic) bond motifs is 5. The maximum atomic E-state index is 3.98. The molecule has 0 bridgehead atoms. The van der Waals surface area contributed by atoms with Crippen LogP contribution in [0, 0.1) is 6.92 Å². The van der Waals surface area contributed by atoms with Gasteiger partial charge in [-0.15, -0.1) is 11.3 Å². The average molecular weight is 471 g/mol. The zero-order valence-corrected chi connectivity index (χ0v) is 21.3. The van der Waals surface area contributed by atoms with Gasteiger partial charge in [-0.1, -0.05) is 115 Å². The van der Waals surface area contributed by atoms with E-state index in [1.54, 1.807) is 0 Å². The van der Waals surface area contributed by atoms with E-state index in [0.29, 0.717) is 0 Å². The van der Waals surface area contributed by atoms with Gasteiger partial charge in [0.15, 0.2) is 8.07 Å². The second-order valence-electron chi connectivity index (χ2n) is 9.03. The molecule has 0 amide bonds. The zero-order chi connectivity index (χ0) is 23.3. The number of hydrogen-bond acceptors (Lipinski definition) is 1. The summed E-state index contributed by atoms with van der Waals surface area (Å²) < 4.78 is 2.76. The first kappa shape index (κ1) is 21.1. The van der Waals surface area contributed by atoms with Gasteiger partial charge in [0.25, 0.3) is 0 Å². The third-order valence-electron chi connectivity index (χ3n) is 7.29. The minimum Gasteiger partial charge on any atom is -0.135 e. The Morgan fingerprint density at radius 3 is 2.06 bits per heavy atom. The molecule has 164 valence electrons. The minimum absolute atomic E-state index is 1.36. The Labute approximate surface area is 206 Å². The van der Waals surface area contributed by atoms with E-state index in [1.165, 1.54) is 57.6 Å². The van der Waals surface area contributed by atoms with Crippen LogP contribution in [-0.4, -0.2) is 8.07 Å². The van der Waals surface area contributed by atoms with Gasteiger partial charge in [-0.25, -0.2) is 0 Å². The van der Waals surface area contributed by atoms with E-state index >= 15 is 0 Å². The second-order valence-corrected chi connectivity index (χ2v) is 14.0. The summed E-state index contributed by atoms with van der Waals surface area (Å²) in [7, 11) is -2.43. The van der Waals surface area contributed by atoms with Crippen LogP contribution in [0.4, 0.5) is 0 Å². The number of allylic oxidation sites excluding steroid dienone is 5. The van der Waals surface area contributed by atoms with Crippen LogP contribution >= 0.6 is 11.3 Å². The van der Waals surface area contributed by atoms with Crippen molar-refractivity contribution in [1.82, 2.24) is 0 Å². The molecule has 0 spiro atoms. The van der Waals surface area contributed by atoms with Gasteiger partial charge >= 0.3 is 0 Å². The highest BCUT2D eigenvalue weighted by Crippen LogP contribution is 2.44. The number of aryl methyl sites for hydroxylation is 1. The lowest BCUT2D eigenvalue weighted by Crippen LogP contribution is -2.67. The summed E-state index contributed by atoms with van der Waals surface area (Å²) in [5.41, 5.74) is 4.16. The molecule has 1 aliphatic heterocycles. The SMILES string of the molecule is C=C/C=C\C1=C(C)[Si](c2ccccc2)(c2ccccc2)c2cc(C)c3sc4ccccc4c3c21. The van der Waals surface area contributed by atoms with Gasteiger partial charge in [0.1, 0.15) is 0 Å². The van der Waals surface area contributed by atoms with Crippen molar-refractivity contribution in [2.75, 3.05) is 0 Å². The molecule has 0 atom stereocenters. The van der Waals surface area contributed by atoms with Crippen LogP contribution in [-0.2, 0) is 0 Å². The van der Waals surface area contributed by atoms with Crippen LogP contribution < -0.4 is 15.6 Å². The van der Waals surface area contributed by atoms with Crippen molar-refractivity contribution in [2.24, 2.45) is 0 Å². The van der Waals surface area contributed by atoms with Crippen LogP contribution in [0.25, 0.3) is 25.7 Å². The fourth-order valence-electron chi connectivity index (χ4n) is 5.89. The molecule has 5 aromatic rings. The van der Waals surface area contributed by atoms with Crippen LogP contribution in [0.15, 0.2) is 121 Å². The molecule has 1 aliphatic rings. The second kappa shape index (κ2) is 8.09. The lowest BCUT2D eigenvalue weighted by Gasteiger charge is -2.32. The molecule has 34 heavy (non-hydrogen) atoms. The van der Waals surface area contributed by atoms with Crippen LogP contribution in [0.3, 0.4) is 0 Å². The standard InChI is InChI=1S/C32H26SSi/c1-4-5-18-26-23(3)34(24-14-8-6-9-15-24,25-16-10-7-11-17-25)29-21-22(2)32-31(30(26)29)27-19-12-13-20-28(27)33-32/h4-21H,1H2,2-3H3/b18-5-. The van der Waals surface area contributed by atoms with Crippen molar-refractivity contribution < 1.29 is 0 Å². The highest BCUT2D eigenvalue weighted by atomic mass is 32.1. The molecule has 0 aliphatic carbocycles. The fraction of sp³-hybridized carbons (Fsp3) is 0.0625. The summed E-state index contributed by atoms with van der Waals surface area (Å²) in [4.78, 5) is 0. The average Bonchev–Trinajstić information content (AvgIpc) is 3.38. The summed E-state index contributed by atoms with van der Waals surface area (Å²) in [6.45, 7) is 8.65. The monoisotopic (exact) mass is 470 g/mol. The Bertz CT molecular complexity index is 1580. The highest BCUT2D eigenvalue weighted by Gasteiger charge is 2.48. The maximum Gasteiger partial charge on any atom is 0.176 e. The third-order valence-corrected chi connectivity index (χ3v) is 13.6. The Kier molecular flexibility index (Phi) is 5.02. The van der Waals surface area contributed by atoms with Crippen molar-refractivity contribution in [3.05, 3.63) is 132 Å². The summed E-state index contributed by atoms with van der Waals surface area (Å²) in [5, 5.41) is 8.69. The molecular formula is C32H26SSi. The maximum absolute atomic E-state index is 3.98. The Hall–Kier alpha value is -3.46. The van der Waals surface area contributed by atoms with E-state index in [2.05, 4.69) is 124 Å². The Morgan fingerprint density at radius 1 is 0.794 bits per heavy atom. The molecule has 1 aromatic heterocycles. The topological polar surface area (TPSA) is 0 Å². The first-order valence-corrected chi connectivity index (χ1v) is 14.6. The van der Waals surface area contributed by atoms with Crippen molar-refractivity contribution in [1.29, 1.82) is 0 Å². The number of hydrogen-bond donors (Lipinski definition) is 0. The molecule has 0 radical (unpaired) electrons. The first-order valence-electron chi connectivity index (χ1n) is 11.7. The van der Waals surface area contributed by atoms with E-state index in [1.807, 2.05) is 17.4 Å². The van der Waals surface area contributed by atoms with Gasteiger partial charge < -0.3 is 0 Å². The van der Waals surface area contributed by atoms with Crippen molar-refractivity contribution >= 4 is 60.7 Å². The Morgan fingerprint density at radius 2 is 1.41 bits per heavy atom. The van der Waals surface area contributed by atoms with E-state index < -0.39 is 8.07 Å². The minimum atomic E-state index is -2.43. The normalized spacial score (nSPS) is 14.9. The summed E-state index contributed by atoms with van der Waals surface area (Å²) in [5.74, 6) is 0. The lowest BCUT2D eigenvalue weighted by atomic mass is 9.97. The van der Waals surface area contributed by atoms with Gasteiger partial charge in [-0.05, 0) is 52.2 Å². The quantitative estimate of drug-likeness (QED) is 0.198. The first-order chi connectivity index (χ1) is 16.7. The van der Waals surface area contributed by atoms with Gasteiger partial charge in [0, 0.05) is 20.2 Å². The molecule has 0 saturated carbocycles. The Balaban J connectivity index is 1.87.